The van der Waals surface area contributed by atoms with Crippen molar-refractivity contribution in [1.29, 1.82) is 0 Å². The Morgan fingerprint density at radius 1 is 1.57 bits per heavy atom. The average molecular weight is 255 g/mol. The van der Waals surface area contributed by atoms with Crippen molar-refractivity contribution < 1.29 is 4.52 Å². The molecule has 3 nitrogen and oxygen atoms in total. The Bertz CT molecular complexity index is 452. The number of hydrogen-bond acceptors (Lipinski definition) is 3. The van der Waals surface area contributed by atoms with Gasteiger partial charge in [0.25, 0.3) is 0 Å². The molecule has 0 spiro atoms. The zero-order chi connectivity index (χ0) is 10.1. The van der Waals surface area contributed by atoms with E-state index in [4.69, 9.17) is 10.3 Å². The van der Waals surface area contributed by atoms with Crippen LogP contribution in [-0.4, -0.2) is 11.7 Å². The van der Waals surface area contributed by atoms with Crippen LogP contribution < -0.4 is 5.73 Å². The second-order valence-corrected chi connectivity index (χ2v) is 4.26. The van der Waals surface area contributed by atoms with E-state index in [0.717, 1.165) is 21.1 Å². The summed E-state index contributed by atoms with van der Waals surface area (Å²) >= 11 is 3.39. The fraction of sp³-hybridized carbons (Fsp3) is 0.300. The SMILES string of the molecule is CC(CN)c1onc2cc(Br)ccc12. The molecule has 0 saturated carbocycles. The van der Waals surface area contributed by atoms with Gasteiger partial charge in [-0.15, -0.1) is 0 Å². The predicted octanol–water partition coefficient (Wildman–Crippen LogP) is 2.65. The molecule has 0 amide bonds. The summed E-state index contributed by atoms with van der Waals surface area (Å²) in [7, 11) is 0. The molecule has 1 aromatic carbocycles. The zero-order valence-corrected chi connectivity index (χ0v) is 9.41. The quantitative estimate of drug-likeness (QED) is 0.897. The standard InChI is InChI=1S/C10H11BrN2O/c1-6(5-12)10-8-3-2-7(11)4-9(8)13-14-10/h2-4,6H,5,12H2,1H3. The van der Waals surface area contributed by atoms with Crippen molar-refractivity contribution in [2.24, 2.45) is 5.73 Å². The van der Waals surface area contributed by atoms with E-state index in [9.17, 15) is 0 Å². The van der Waals surface area contributed by atoms with Crippen LogP contribution in [0.3, 0.4) is 0 Å². The molecular weight excluding hydrogens is 244 g/mol. The second kappa shape index (κ2) is 3.71. The topological polar surface area (TPSA) is 52.0 Å². The average Bonchev–Trinajstić information content (AvgIpc) is 2.59. The van der Waals surface area contributed by atoms with E-state index < -0.39 is 0 Å². The summed E-state index contributed by atoms with van der Waals surface area (Å²) in [5, 5.41) is 5.04. The first-order chi connectivity index (χ1) is 6.72. The minimum absolute atomic E-state index is 0.209. The Morgan fingerprint density at radius 3 is 3.07 bits per heavy atom. The fourth-order valence-electron chi connectivity index (χ4n) is 1.40. The number of hydrogen-bond donors (Lipinski definition) is 1. The lowest BCUT2D eigenvalue weighted by atomic mass is 10.1. The van der Waals surface area contributed by atoms with Crippen LogP contribution in [0.2, 0.25) is 0 Å². The first kappa shape index (κ1) is 9.68. The molecule has 1 atom stereocenters. The van der Waals surface area contributed by atoms with Crippen LogP contribution in [-0.2, 0) is 0 Å². The third-order valence-electron chi connectivity index (χ3n) is 2.27. The molecule has 0 aliphatic heterocycles. The number of aromatic nitrogens is 1. The molecule has 0 aliphatic rings. The normalized spacial score (nSPS) is 13.4. The first-order valence-electron chi connectivity index (χ1n) is 4.47. The zero-order valence-electron chi connectivity index (χ0n) is 7.83. The van der Waals surface area contributed by atoms with Crippen molar-refractivity contribution in [2.75, 3.05) is 6.54 Å². The Morgan fingerprint density at radius 2 is 2.36 bits per heavy atom. The molecule has 2 rings (SSSR count). The molecule has 4 heteroatoms. The highest BCUT2D eigenvalue weighted by atomic mass is 79.9. The van der Waals surface area contributed by atoms with Gasteiger partial charge in [0.15, 0.2) is 0 Å². The lowest BCUT2D eigenvalue weighted by molar-refractivity contribution is 0.374. The van der Waals surface area contributed by atoms with Crippen molar-refractivity contribution in [3.05, 3.63) is 28.4 Å². The highest BCUT2D eigenvalue weighted by Gasteiger charge is 2.13. The minimum Gasteiger partial charge on any atom is -0.360 e. The number of nitrogens with two attached hydrogens (primary N) is 1. The summed E-state index contributed by atoms with van der Waals surface area (Å²) in [6.07, 6.45) is 0. The maximum atomic E-state index is 5.59. The van der Waals surface area contributed by atoms with Crippen LogP contribution in [0.15, 0.2) is 27.2 Å². The van der Waals surface area contributed by atoms with Gasteiger partial charge in [0.05, 0.1) is 0 Å². The minimum atomic E-state index is 0.209. The third-order valence-corrected chi connectivity index (χ3v) is 2.76. The molecule has 0 aliphatic carbocycles. The maximum Gasteiger partial charge on any atom is 0.148 e. The highest BCUT2D eigenvalue weighted by Crippen LogP contribution is 2.26. The molecule has 14 heavy (non-hydrogen) atoms. The van der Waals surface area contributed by atoms with Crippen molar-refractivity contribution >= 4 is 26.8 Å². The number of rotatable bonds is 2. The van der Waals surface area contributed by atoms with Gasteiger partial charge in [-0.05, 0) is 18.2 Å². The van der Waals surface area contributed by atoms with Crippen molar-refractivity contribution in [3.8, 4) is 0 Å². The van der Waals surface area contributed by atoms with E-state index in [-0.39, 0.29) is 5.92 Å². The van der Waals surface area contributed by atoms with Crippen molar-refractivity contribution in [1.82, 2.24) is 5.16 Å². The van der Waals surface area contributed by atoms with Crippen molar-refractivity contribution in [2.45, 2.75) is 12.8 Å². The van der Waals surface area contributed by atoms with Crippen LogP contribution in [0.1, 0.15) is 18.6 Å². The number of fused-ring (bicyclic) bond motifs is 1. The predicted molar refractivity (Wildman–Crippen MR) is 59.2 cm³/mol. The van der Waals surface area contributed by atoms with E-state index >= 15 is 0 Å². The molecular formula is C10H11BrN2O. The Labute approximate surface area is 90.4 Å². The summed E-state index contributed by atoms with van der Waals surface area (Å²) in [5.74, 6) is 1.08. The first-order valence-corrected chi connectivity index (χ1v) is 5.26. The van der Waals surface area contributed by atoms with Crippen LogP contribution in [0.5, 0.6) is 0 Å². The van der Waals surface area contributed by atoms with E-state index in [1.807, 2.05) is 25.1 Å². The summed E-state index contributed by atoms with van der Waals surface area (Å²) in [5.41, 5.74) is 6.46. The molecule has 0 fully saturated rings. The third kappa shape index (κ3) is 1.55. The van der Waals surface area contributed by atoms with Gasteiger partial charge in [0.2, 0.25) is 0 Å². The van der Waals surface area contributed by atoms with Gasteiger partial charge >= 0.3 is 0 Å². The Balaban J connectivity index is 2.58. The lowest BCUT2D eigenvalue weighted by Gasteiger charge is -2.02. The molecule has 1 heterocycles. The molecule has 2 aromatic rings. The Hall–Kier alpha value is -0.870. The van der Waals surface area contributed by atoms with Gasteiger partial charge in [0.1, 0.15) is 11.3 Å². The monoisotopic (exact) mass is 254 g/mol. The summed E-state index contributed by atoms with van der Waals surface area (Å²) in [6.45, 7) is 2.60. The lowest BCUT2D eigenvalue weighted by Crippen LogP contribution is -2.08. The second-order valence-electron chi connectivity index (χ2n) is 3.35. The van der Waals surface area contributed by atoms with Crippen LogP contribution in [0.4, 0.5) is 0 Å². The number of halogens is 1. The number of nitrogens with zero attached hydrogens (tertiary/aromatic N) is 1. The van der Waals surface area contributed by atoms with Crippen LogP contribution in [0, 0.1) is 0 Å². The summed E-state index contributed by atoms with van der Waals surface area (Å²) < 4.78 is 6.28. The maximum absolute atomic E-state index is 5.59. The van der Waals surface area contributed by atoms with Crippen molar-refractivity contribution in [3.63, 3.8) is 0 Å². The van der Waals surface area contributed by atoms with Gasteiger partial charge in [-0.1, -0.05) is 28.0 Å². The molecule has 0 saturated heterocycles. The molecule has 2 N–H and O–H groups in total. The summed E-state index contributed by atoms with van der Waals surface area (Å²) in [6, 6.07) is 5.91. The van der Waals surface area contributed by atoms with Gasteiger partial charge < -0.3 is 10.3 Å². The van der Waals surface area contributed by atoms with E-state index in [2.05, 4.69) is 21.1 Å². The van der Waals surface area contributed by atoms with Crippen LogP contribution in [0.25, 0.3) is 10.9 Å². The highest BCUT2D eigenvalue weighted by molar-refractivity contribution is 9.10. The fourth-order valence-corrected chi connectivity index (χ4v) is 1.75. The van der Waals surface area contributed by atoms with Gasteiger partial charge in [-0.25, -0.2) is 0 Å². The van der Waals surface area contributed by atoms with Gasteiger partial charge in [-0.2, -0.15) is 0 Å². The molecule has 1 aromatic heterocycles. The van der Waals surface area contributed by atoms with Crippen LogP contribution >= 0.6 is 15.9 Å². The van der Waals surface area contributed by atoms with E-state index in [1.54, 1.807) is 0 Å². The summed E-state index contributed by atoms with van der Waals surface area (Å²) in [4.78, 5) is 0. The molecule has 1 unspecified atom stereocenters. The molecule has 74 valence electrons. The molecule has 0 bridgehead atoms. The van der Waals surface area contributed by atoms with E-state index in [0.29, 0.717) is 6.54 Å². The Kier molecular flexibility index (Phi) is 2.56. The number of benzene rings is 1. The van der Waals surface area contributed by atoms with Gasteiger partial charge in [-0.3, -0.25) is 0 Å². The molecule has 0 radical (unpaired) electrons. The smallest absolute Gasteiger partial charge is 0.148 e. The van der Waals surface area contributed by atoms with Gasteiger partial charge in [0, 0.05) is 22.3 Å². The van der Waals surface area contributed by atoms with E-state index in [1.165, 1.54) is 0 Å². The largest absolute Gasteiger partial charge is 0.360 e.